The first kappa shape index (κ1) is 15.7. The second-order valence-corrected chi connectivity index (χ2v) is 8.55. The van der Waals surface area contributed by atoms with Crippen molar-refractivity contribution in [3.8, 4) is 11.5 Å². The molecule has 0 bridgehead atoms. The number of benzene rings is 1. The van der Waals surface area contributed by atoms with Gasteiger partial charge in [0.2, 0.25) is 0 Å². The summed E-state index contributed by atoms with van der Waals surface area (Å²) in [7, 11) is 1.70. The summed E-state index contributed by atoms with van der Waals surface area (Å²) in [6.45, 7) is 11.5. The molecule has 1 saturated carbocycles. The van der Waals surface area contributed by atoms with Gasteiger partial charge in [-0.05, 0) is 42.1 Å². The third-order valence-corrected chi connectivity index (χ3v) is 6.42. The molecular weight excluding hydrogens is 272 g/mol. The highest BCUT2D eigenvalue weighted by Crippen LogP contribution is 2.62. The van der Waals surface area contributed by atoms with Gasteiger partial charge < -0.3 is 9.84 Å². The lowest BCUT2D eigenvalue weighted by atomic mass is 9.57. The van der Waals surface area contributed by atoms with Gasteiger partial charge in [0, 0.05) is 16.5 Å². The minimum atomic E-state index is 0.134. The molecule has 22 heavy (non-hydrogen) atoms. The molecular formula is C20H30O2. The molecule has 0 amide bonds. The van der Waals surface area contributed by atoms with Crippen molar-refractivity contribution in [3.63, 3.8) is 0 Å². The van der Waals surface area contributed by atoms with Crippen molar-refractivity contribution in [2.75, 3.05) is 7.11 Å². The van der Waals surface area contributed by atoms with Crippen molar-refractivity contribution in [3.05, 3.63) is 22.8 Å². The van der Waals surface area contributed by atoms with Gasteiger partial charge in [0.05, 0.1) is 7.11 Å². The number of phenols is 1. The Morgan fingerprint density at radius 1 is 1.23 bits per heavy atom. The lowest BCUT2D eigenvalue weighted by Gasteiger charge is -2.48. The van der Waals surface area contributed by atoms with E-state index in [2.05, 4.69) is 40.7 Å². The molecule has 0 aliphatic heterocycles. The van der Waals surface area contributed by atoms with E-state index in [0.29, 0.717) is 23.0 Å². The molecule has 1 aromatic carbocycles. The average Bonchev–Trinajstić information content (AvgIpc) is 2.72. The Morgan fingerprint density at radius 3 is 2.50 bits per heavy atom. The van der Waals surface area contributed by atoms with Crippen LogP contribution < -0.4 is 4.74 Å². The van der Waals surface area contributed by atoms with Gasteiger partial charge >= 0.3 is 0 Å². The van der Waals surface area contributed by atoms with Crippen LogP contribution in [0.2, 0.25) is 0 Å². The number of hydrogen-bond acceptors (Lipinski definition) is 2. The first-order valence-electron chi connectivity index (χ1n) is 8.65. The van der Waals surface area contributed by atoms with E-state index in [4.69, 9.17) is 4.74 Å². The van der Waals surface area contributed by atoms with Crippen molar-refractivity contribution in [2.45, 2.75) is 71.6 Å². The molecule has 2 atom stereocenters. The summed E-state index contributed by atoms with van der Waals surface area (Å²) in [5.74, 6) is 2.05. The predicted molar refractivity (Wildman–Crippen MR) is 90.9 cm³/mol. The summed E-state index contributed by atoms with van der Waals surface area (Å²) < 4.78 is 5.71. The maximum Gasteiger partial charge on any atom is 0.164 e. The Kier molecular flexibility index (Phi) is 3.50. The Labute approximate surface area is 134 Å². The topological polar surface area (TPSA) is 29.5 Å². The molecule has 1 N–H and O–H groups in total. The molecule has 0 saturated heterocycles. The molecule has 2 aliphatic rings. The zero-order valence-corrected chi connectivity index (χ0v) is 14.9. The van der Waals surface area contributed by atoms with Gasteiger partial charge in [0.1, 0.15) is 0 Å². The molecule has 2 aliphatic carbocycles. The minimum Gasteiger partial charge on any atom is -0.504 e. The first-order valence-corrected chi connectivity index (χ1v) is 8.65. The maximum atomic E-state index is 10.7. The summed E-state index contributed by atoms with van der Waals surface area (Å²) >= 11 is 0. The summed E-state index contributed by atoms with van der Waals surface area (Å²) in [5, 5.41) is 10.7. The quantitative estimate of drug-likeness (QED) is 0.817. The zero-order valence-electron chi connectivity index (χ0n) is 14.9. The lowest BCUT2D eigenvalue weighted by Crippen LogP contribution is -2.42. The maximum absolute atomic E-state index is 10.7. The predicted octanol–water partition coefficient (Wildman–Crippen LogP) is 5.16. The molecule has 2 heteroatoms. The van der Waals surface area contributed by atoms with Crippen LogP contribution in [0.4, 0.5) is 0 Å². The molecule has 0 radical (unpaired) electrons. The van der Waals surface area contributed by atoms with Crippen molar-refractivity contribution in [1.29, 1.82) is 0 Å². The van der Waals surface area contributed by atoms with E-state index in [1.165, 1.54) is 30.4 Å². The van der Waals surface area contributed by atoms with Gasteiger partial charge in [-0.15, -0.1) is 0 Å². The third-order valence-electron chi connectivity index (χ3n) is 6.42. The number of fused-ring (bicyclic) bond motifs is 3. The number of aromatic hydroxyl groups is 1. The highest BCUT2D eigenvalue weighted by Gasteiger charge is 2.53. The normalized spacial score (nSPS) is 29.3. The van der Waals surface area contributed by atoms with Crippen LogP contribution in [0.1, 0.15) is 76.5 Å². The Balaban J connectivity index is 2.23. The summed E-state index contributed by atoms with van der Waals surface area (Å²) in [5.41, 5.74) is 4.20. The number of hydrogen-bond donors (Lipinski definition) is 1. The summed E-state index contributed by atoms with van der Waals surface area (Å²) in [6, 6.07) is 2.25. The second kappa shape index (κ2) is 4.91. The largest absolute Gasteiger partial charge is 0.504 e. The minimum absolute atomic E-state index is 0.134. The van der Waals surface area contributed by atoms with Crippen molar-refractivity contribution in [2.24, 2.45) is 11.3 Å². The van der Waals surface area contributed by atoms with Gasteiger partial charge in [-0.3, -0.25) is 0 Å². The Hall–Kier alpha value is -1.18. The molecule has 0 unspecified atom stereocenters. The Morgan fingerprint density at radius 2 is 1.91 bits per heavy atom. The van der Waals surface area contributed by atoms with Gasteiger partial charge in [-0.2, -0.15) is 0 Å². The molecule has 3 rings (SSSR count). The van der Waals surface area contributed by atoms with Crippen LogP contribution in [0, 0.1) is 11.3 Å². The smallest absolute Gasteiger partial charge is 0.164 e. The molecule has 0 spiro atoms. The van der Waals surface area contributed by atoms with Crippen LogP contribution in [0.15, 0.2) is 6.07 Å². The third kappa shape index (κ3) is 1.99. The fraction of sp³-hybridized carbons (Fsp3) is 0.700. The van der Waals surface area contributed by atoms with Crippen molar-refractivity contribution < 1.29 is 9.84 Å². The molecule has 0 heterocycles. The van der Waals surface area contributed by atoms with Crippen molar-refractivity contribution in [1.82, 2.24) is 0 Å². The fourth-order valence-electron chi connectivity index (χ4n) is 5.29. The van der Waals surface area contributed by atoms with Crippen LogP contribution >= 0.6 is 0 Å². The SMILES string of the molecule is COc1c(O)c(C(C)C)cc2c1[C@@]1(C)CCCC(C)(C)[C@H]1C2. The van der Waals surface area contributed by atoms with Crippen LogP contribution in [0.3, 0.4) is 0 Å². The highest BCUT2D eigenvalue weighted by molar-refractivity contribution is 5.61. The number of rotatable bonds is 2. The standard InChI is InChI=1S/C20H30O2/c1-12(2)14-10-13-11-15-19(3,4)8-7-9-20(15,5)16(13)18(22-6)17(14)21/h10,12,15,21H,7-9,11H2,1-6H3/t15-,20+/m1/s1. The van der Waals surface area contributed by atoms with Gasteiger partial charge in [-0.25, -0.2) is 0 Å². The Bertz CT molecular complexity index is 600. The van der Waals surface area contributed by atoms with E-state index in [0.717, 1.165) is 17.7 Å². The number of ether oxygens (including phenoxy) is 1. The molecule has 0 aromatic heterocycles. The number of phenolic OH excluding ortho intramolecular Hbond substituents is 1. The van der Waals surface area contributed by atoms with Crippen LogP contribution in [0.5, 0.6) is 11.5 Å². The molecule has 1 fully saturated rings. The van der Waals surface area contributed by atoms with Gasteiger partial charge in [0.25, 0.3) is 0 Å². The summed E-state index contributed by atoms with van der Waals surface area (Å²) in [4.78, 5) is 0. The molecule has 1 aromatic rings. The summed E-state index contributed by atoms with van der Waals surface area (Å²) in [6.07, 6.45) is 4.88. The second-order valence-electron chi connectivity index (χ2n) is 8.55. The zero-order chi connectivity index (χ0) is 16.3. The molecule has 2 nitrogen and oxygen atoms in total. The highest BCUT2D eigenvalue weighted by atomic mass is 16.5. The van der Waals surface area contributed by atoms with E-state index in [1.807, 2.05) is 0 Å². The van der Waals surface area contributed by atoms with Crippen LogP contribution in [-0.2, 0) is 11.8 Å². The lowest BCUT2D eigenvalue weighted by molar-refractivity contribution is 0.0690. The monoisotopic (exact) mass is 302 g/mol. The number of methoxy groups -OCH3 is 1. The average molecular weight is 302 g/mol. The van der Waals surface area contributed by atoms with Gasteiger partial charge in [-0.1, -0.05) is 47.1 Å². The molecule has 122 valence electrons. The fourth-order valence-corrected chi connectivity index (χ4v) is 5.29. The van der Waals surface area contributed by atoms with E-state index >= 15 is 0 Å². The van der Waals surface area contributed by atoms with E-state index < -0.39 is 0 Å². The van der Waals surface area contributed by atoms with E-state index in [1.54, 1.807) is 7.11 Å². The first-order chi connectivity index (χ1) is 10.2. The van der Waals surface area contributed by atoms with E-state index in [9.17, 15) is 5.11 Å². The van der Waals surface area contributed by atoms with Crippen molar-refractivity contribution >= 4 is 0 Å². The van der Waals surface area contributed by atoms with Crippen LogP contribution in [0.25, 0.3) is 0 Å². The van der Waals surface area contributed by atoms with Gasteiger partial charge in [0.15, 0.2) is 11.5 Å². The van der Waals surface area contributed by atoms with Crippen LogP contribution in [-0.4, -0.2) is 12.2 Å². The van der Waals surface area contributed by atoms with E-state index in [-0.39, 0.29) is 5.41 Å².